The lowest BCUT2D eigenvalue weighted by Gasteiger charge is -2.22. The Kier molecular flexibility index (Phi) is 4.95. The average Bonchev–Trinajstić information content (AvgIpc) is 2.33. The molecule has 1 N–H and O–H groups in total. The van der Waals surface area contributed by atoms with E-state index in [9.17, 15) is 4.39 Å². The summed E-state index contributed by atoms with van der Waals surface area (Å²) in [6.07, 6.45) is 2.37. The van der Waals surface area contributed by atoms with Gasteiger partial charge in [-0.1, -0.05) is 22.0 Å². The van der Waals surface area contributed by atoms with E-state index < -0.39 is 0 Å². The molecule has 94 valence electrons. The van der Waals surface area contributed by atoms with Crippen molar-refractivity contribution in [3.8, 4) is 0 Å². The van der Waals surface area contributed by atoms with E-state index in [2.05, 4.69) is 21.2 Å². The molecule has 0 unspecified atom stereocenters. The molecule has 0 saturated carbocycles. The van der Waals surface area contributed by atoms with Gasteiger partial charge in [0.05, 0.1) is 6.61 Å². The van der Waals surface area contributed by atoms with Gasteiger partial charge in [-0.05, 0) is 49.5 Å². The first-order valence-corrected chi connectivity index (χ1v) is 6.77. The van der Waals surface area contributed by atoms with Crippen LogP contribution in [0.25, 0.3) is 0 Å². The molecule has 1 heterocycles. The molecule has 17 heavy (non-hydrogen) atoms. The van der Waals surface area contributed by atoms with Crippen LogP contribution < -0.4 is 5.32 Å². The van der Waals surface area contributed by atoms with Crippen LogP contribution in [0.5, 0.6) is 0 Å². The number of piperidine rings is 1. The molecule has 4 heteroatoms. The Hall–Kier alpha value is -0.450. The fourth-order valence-electron chi connectivity index (χ4n) is 2.02. The van der Waals surface area contributed by atoms with Gasteiger partial charge in [-0.15, -0.1) is 0 Å². The molecule has 1 saturated heterocycles. The second-order valence-corrected chi connectivity index (χ2v) is 5.30. The van der Waals surface area contributed by atoms with Gasteiger partial charge in [0.1, 0.15) is 5.82 Å². The Morgan fingerprint density at radius 3 is 2.82 bits per heavy atom. The predicted octanol–water partition coefficient (Wildman–Crippen LogP) is 3.10. The Morgan fingerprint density at radius 2 is 2.12 bits per heavy atom. The van der Waals surface area contributed by atoms with Gasteiger partial charge in [-0.3, -0.25) is 0 Å². The molecule has 1 fully saturated rings. The Morgan fingerprint density at radius 1 is 1.35 bits per heavy atom. The average molecular weight is 302 g/mol. The van der Waals surface area contributed by atoms with Crippen molar-refractivity contribution in [2.24, 2.45) is 5.92 Å². The highest BCUT2D eigenvalue weighted by Crippen LogP contribution is 2.20. The number of rotatable bonds is 4. The maximum absolute atomic E-state index is 12.9. The molecular formula is C13H17BrFNO. The summed E-state index contributed by atoms with van der Waals surface area (Å²) in [4.78, 5) is 0. The lowest BCUT2D eigenvalue weighted by Crippen LogP contribution is -2.29. The highest BCUT2D eigenvalue weighted by Gasteiger charge is 2.13. The van der Waals surface area contributed by atoms with Crippen LogP contribution in [0.1, 0.15) is 18.4 Å². The van der Waals surface area contributed by atoms with E-state index in [-0.39, 0.29) is 5.82 Å². The fourth-order valence-corrected chi connectivity index (χ4v) is 2.49. The third-order valence-corrected chi connectivity index (χ3v) is 3.82. The summed E-state index contributed by atoms with van der Waals surface area (Å²) in [5.74, 6) is 0.439. The maximum Gasteiger partial charge on any atom is 0.124 e. The molecule has 1 aliphatic heterocycles. The SMILES string of the molecule is Fc1ccc(COCC2CCNCC2)c(Br)c1. The number of halogens is 2. The zero-order valence-corrected chi connectivity index (χ0v) is 11.3. The van der Waals surface area contributed by atoms with Crippen LogP contribution in [-0.2, 0) is 11.3 Å². The molecule has 0 radical (unpaired) electrons. The molecule has 0 amide bonds. The van der Waals surface area contributed by atoms with E-state index in [1.165, 1.54) is 25.0 Å². The van der Waals surface area contributed by atoms with E-state index in [0.717, 1.165) is 29.7 Å². The van der Waals surface area contributed by atoms with Crippen molar-refractivity contribution < 1.29 is 9.13 Å². The lowest BCUT2D eigenvalue weighted by atomic mass is 9.99. The molecular weight excluding hydrogens is 285 g/mol. The van der Waals surface area contributed by atoms with Crippen molar-refractivity contribution in [2.75, 3.05) is 19.7 Å². The van der Waals surface area contributed by atoms with Gasteiger partial charge in [0, 0.05) is 11.1 Å². The van der Waals surface area contributed by atoms with Crippen LogP contribution >= 0.6 is 15.9 Å². The molecule has 2 nitrogen and oxygen atoms in total. The van der Waals surface area contributed by atoms with Crippen molar-refractivity contribution in [1.82, 2.24) is 5.32 Å². The fraction of sp³-hybridized carbons (Fsp3) is 0.538. The van der Waals surface area contributed by atoms with E-state index in [1.54, 1.807) is 6.07 Å². The summed E-state index contributed by atoms with van der Waals surface area (Å²) in [5.41, 5.74) is 1.00. The molecule has 1 aromatic rings. The highest BCUT2D eigenvalue weighted by molar-refractivity contribution is 9.10. The minimum atomic E-state index is -0.223. The van der Waals surface area contributed by atoms with Crippen LogP contribution in [0.2, 0.25) is 0 Å². The predicted molar refractivity (Wildman–Crippen MR) is 69.3 cm³/mol. The van der Waals surface area contributed by atoms with Crippen molar-refractivity contribution in [3.63, 3.8) is 0 Å². The van der Waals surface area contributed by atoms with Crippen molar-refractivity contribution in [2.45, 2.75) is 19.4 Å². The second-order valence-electron chi connectivity index (χ2n) is 4.44. The molecule has 0 aromatic heterocycles. The van der Waals surface area contributed by atoms with Gasteiger partial charge >= 0.3 is 0 Å². The molecule has 0 aliphatic carbocycles. The minimum Gasteiger partial charge on any atom is -0.376 e. The van der Waals surface area contributed by atoms with Crippen molar-refractivity contribution in [3.05, 3.63) is 34.1 Å². The smallest absolute Gasteiger partial charge is 0.124 e. The summed E-state index contributed by atoms with van der Waals surface area (Å²) in [7, 11) is 0. The first kappa shape index (κ1) is 13.0. The van der Waals surface area contributed by atoms with Gasteiger partial charge < -0.3 is 10.1 Å². The number of ether oxygens (including phenoxy) is 1. The van der Waals surface area contributed by atoms with Gasteiger partial charge in [0.25, 0.3) is 0 Å². The van der Waals surface area contributed by atoms with E-state index >= 15 is 0 Å². The number of hydrogen-bond acceptors (Lipinski definition) is 2. The molecule has 0 atom stereocenters. The lowest BCUT2D eigenvalue weighted by molar-refractivity contribution is 0.0760. The summed E-state index contributed by atoms with van der Waals surface area (Å²) in [6.45, 7) is 3.53. The molecule has 0 bridgehead atoms. The van der Waals surface area contributed by atoms with Gasteiger partial charge in [0.2, 0.25) is 0 Å². The largest absolute Gasteiger partial charge is 0.376 e. The summed E-state index contributed by atoms with van der Waals surface area (Å²) in [5, 5.41) is 3.33. The number of hydrogen-bond donors (Lipinski definition) is 1. The van der Waals surface area contributed by atoms with Crippen molar-refractivity contribution >= 4 is 15.9 Å². The summed E-state index contributed by atoms with van der Waals surface area (Å²) < 4.78 is 19.4. The zero-order chi connectivity index (χ0) is 12.1. The Labute approximate surface area is 110 Å². The third-order valence-electron chi connectivity index (χ3n) is 3.08. The van der Waals surface area contributed by atoms with Crippen LogP contribution in [0.4, 0.5) is 4.39 Å². The van der Waals surface area contributed by atoms with E-state index in [1.807, 2.05) is 0 Å². The summed E-state index contributed by atoms with van der Waals surface area (Å²) in [6, 6.07) is 4.71. The molecule has 1 aromatic carbocycles. The minimum absolute atomic E-state index is 0.223. The van der Waals surface area contributed by atoms with Crippen LogP contribution in [-0.4, -0.2) is 19.7 Å². The van der Waals surface area contributed by atoms with Crippen LogP contribution in [0.3, 0.4) is 0 Å². The molecule has 2 rings (SSSR count). The standard InChI is InChI=1S/C13H17BrFNO/c14-13-7-12(15)2-1-11(13)9-17-8-10-3-5-16-6-4-10/h1-2,7,10,16H,3-6,8-9H2. The first-order chi connectivity index (χ1) is 8.25. The van der Waals surface area contributed by atoms with Crippen LogP contribution in [0.15, 0.2) is 22.7 Å². The zero-order valence-electron chi connectivity index (χ0n) is 9.72. The van der Waals surface area contributed by atoms with Gasteiger partial charge in [-0.25, -0.2) is 4.39 Å². The number of benzene rings is 1. The normalized spacial score (nSPS) is 17.3. The van der Waals surface area contributed by atoms with Gasteiger partial charge in [0.15, 0.2) is 0 Å². The highest BCUT2D eigenvalue weighted by atomic mass is 79.9. The van der Waals surface area contributed by atoms with Gasteiger partial charge in [-0.2, -0.15) is 0 Å². The molecule has 1 aliphatic rings. The maximum atomic E-state index is 12.9. The molecule has 0 spiro atoms. The Bertz CT molecular complexity index is 366. The van der Waals surface area contributed by atoms with Crippen molar-refractivity contribution in [1.29, 1.82) is 0 Å². The summed E-state index contributed by atoms with van der Waals surface area (Å²) >= 11 is 3.34. The third kappa shape index (κ3) is 4.05. The number of nitrogens with one attached hydrogen (secondary N) is 1. The quantitative estimate of drug-likeness (QED) is 0.923. The monoisotopic (exact) mass is 301 g/mol. The first-order valence-electron chi connectivity index (χ1n) is 5.98. The van der Waals surface area contributed by atoms with E-state index in [4.69, 9.17) is 4.74 Å². The topological polar surface area (TPSA) is 21.3 Å². The second kappa shape index (κ2) is 6.47. The van der Waals surface area contributed by atoms with E-state index in [0.29, 0.717) is 12.5 Å². The Balaban J connectivity index is 1.77. The van der Waals surface area contributed by atoms with Crippen LogP contribution in [0, 0.1) is 11.7 Å².